The minimum atomic E-state index is 0.914. The zero-order valence-corrected chi connectivity index (χ0v) is 15.4. The highest BCUT2D eigenvalue weighted by Crippen LogP contribution is 2.29. The first-order valence-electron chi connectivity index (χ1n) is 9.54. The molecule has 0 aliphatic carbocycles. The van der Waals surface area contributed by atoms with Crippen molar-refractivity contribution in [3.8, 4) is 0 Å². The second-order valence-electron chi connectivity index (χ2n) is 7.43. The second-order valence-corrected chi connectivity index (χ2v) is 7.43. The fourth-order valence-electron chi connectivity index (χ4n) is 3.27. The molecule has 0 heteroatoms. The molecule has 4 unspecified atom stereocenters. The topological polar surface area (TPSA) is 0 Å². The van der Waals surface area contributed by atoms with Crippen molar-refractivity contribution < 1.29 is 0 Å². The molecule has 0 nitrogen and oxygen atoms in total. The van der Waals surface area contributed by atoms with Crippen LogP contribution in [0.4, 0.5) is 0 Å². The normalized spacial score (nSPS) is 17.7. The Hall–Kier alpha value is 0. The van der Waals surface area contributed by atoms with Crippen molar-refractivity contribution in [3.63, 3.8) is 0 Å². The van der Waals surface area contributed by atoms with Crippen molar-refractivity contribution in [1.82, 2.24) is 0 Å². The summed E-state index contributed by atoms with van der Waals surface area (Å²) in [4.78, 5) is 0. The first-order valence-corrected chi connectivity index (χ1v) is 9.54. The molecule has 0 aromatic rings. The Morgan fingerprint density at radius 2 is 1.25 bits per heavy atom. The minimum absolute atomic E-state index is 0.914. The van der Waals surface area contributed by atoms with E-state index in [1.165, 1.54) is 64.2 Å². The highest BCUT2D eigenvalue weighted by atomic mass is 14.2. The third-order valence-electron chi connectivity index (χ3n) is 5.39. The van der Waals surface area contributed by atoms with Crippen LogP contribution in [-0.4, -0.2) is 0 Å². The maximum Gasteiger partial charge on any atom is -0.0414 e. The van der Waals surface area contributed by atoms with E-state index in [1.54, 1.807) is 0 Å². The molecule has 0 amide bonds. The van der Waals surface area contributed by atoms with E-state index in [0.29, 0.717) is 0 Å². The predicted molar refractivity (Wildman–Crippen MR) is 94.2 cm³/mol. The Labute approximate surface area is 130 Å². The molecule has 0 aromatic heterocycles. The van der Waals surface area contributed by atoms with Crippen LogP contribution in [0.25, 0.3) is 0 Å². The van der Waals surface area contributed by atoms with Gasteiger partial charge in [-0.25, -0.2) is 0 Å². The van der Waals surface area contributed by atoms with Gasteiger partial charge < -0.3 is 0 Å². The Kier molecular flexibility index (Phi) is 12.7. The number of unbranched alkanes of at least 4 members (excludes halogenated alkanes) is 2. The van der Waals surface area contributed by atoms with Crippen LogP contribution in [0, 0.1) is 23.7 Å². The van der Waals surface area contributed by atoms with E-state index < -0.39 is 0 Å². The quantitative estimate of drug-likeness (QED) is 0.328. The molecule has 0 aliphatic rings. The summed E-state index contributed by atoms with van der Waals surface area (Å²) in [5, 5.41) is 0. The average Bonchev–Trinajstić information content (AvgIpc) is 2.46. The van der Waals surface area contributed by atoms with E-state index in [4.69, 9.17) is 0 Å². The molecule has 0 aromatic carbocycles. The molecule has 0 saturated carbocycles. The summed E-state index contributed by atoms with van der Waals surface area (Å²) >= 11 is 0. The van der Waals surface area contributed by atoms with Gasteiger partial charge in [0, 0.05) is 0 Å². The van der Waals surface area contributed by atoms with E-state index in [0.717, 1.165) is 23.7 Å². The van der Waals surface area contributed by atoms with Gasteiger partial charge in [0.2, 0.25) is 0 Å². The number of hydrogen-bond acceptors (Lipinski definition) is 0. The molecule has 0 spiro atoms. The van der Waals surface area contributed by atoms with Crippen molar-refractivity contribution >= 4 is 0 Å². The summed E-state index contributed by atoms with van der Waals surface area (Å²) in [6.45, 7) is 14.4. The van der Waals surface area contributed by atoms with Crippen LogP contribution in [0.15, 0.2) is 0 Å². The Balaban J connectivity index is 3.94. The lowest BCUT2D eigenvalue weighted by Gasteiger charge is -2.25. The van der Waals surface area contributed by atoms with Gasteiger partial charge in [-0.3, -0.25) is 0 Å². The van der Waals surface area contributed by atoms with Crippen molar-refractivity contribution in [2.45, 2.75) is 106 Å². The van der Waals surface area contributed by atoms with Gasteiger partial charge in [-0.05, 0) is 30.1 Å². The summed E-state index contributed by atoms with van der Waals surface area (Å²) in [5.41, 5.74) is 0. The summed E-state index contributed by atoms with van der Waals surface area (Å²) in [7, 11) is 0. The van der Waals surface area contributed by atoms with E-state index in [9.17, 15) is 0 Å². The zero-order chi connectivity index (χ0) is 15.4. The van der Waals surface area contributed by atoms with Crippen molar-refractivity contribution in [2.24, 2.45) is 23.7 Å². The first-order chi connectivity index (χ1) is 9.54. The molecule has 122 valence electrons. The van der Waals surface area contributed by atoms with Crippen molar-refractivity contribution in [2.75, 3.05) is 0 Å². The lowest BCUT2D eigenvalue weighted by molar-refractivity contribution is 0.260. The molecule has 0 saturated heterocycles. The van der Waals surface area contributed by atoms with Crippen molar-refractivity contribution in [1.29, 1.82) is 0 Å². The summed E-state index contributed by atoms with van der Waals surface area (Å²) in [6, 6.07) is 0. The van der Waals surface area contributed by atoms with Gasteiger partial charge in [0.05, 0.1) is 0 Å². The molecule has 0 radical (unpaired) electrons. The molecule has 0 rings (SSSR count). The lowest BCUT2D eigenvalue weighted by Crippen LogP contribution is -2.14. The van der Waals surface area contributed by atoms with Gasteiger partial charge >= 0.3 is 0 Å². The zero-order valence-electron chi connectivity index (χ0n) is 15.4. The Bertz CT molecular complexity index is 196. The lowest BCUT2D eigenvalue weighted by atomic mass is 9.80. The molecule has 0 bridgehead atoms. The first kappa shape index (κ1) is 20.0. The number of rotatable bonds is 13. The Morgan fingerprint density at radius 1 is 0.650 bits per heavy atom. The molecular weight excluding hydrogens is 240 g/mol. The molecule has 0 aliphatic heterocycles. The van der Waals surface area contributed by atoms with Crippen LogP contribution in [0.2, 0.25) is 0 Å². The summed E-state index contributed by atoms with van der Waals surface area (Å²) in [5.74, 6) is 3.74. The Morgan fingerprint density at radius 3 is 1.80 bits per heavy atom. The van der Waals surface area contributed by atoms with Gasteiger partial charge in [-0.1, -0.05) is 99.3 Å². The van der Waals surface area contributed by atoms with Crippen molar-refractivity contribution in [3.05, 3.63) is 0 Å². The smallest absolute Gasteiger partial charge is 0.0414 e. The van der Waals surface area contributed by atoms with E-state index >= 15 is 0 Å². The molecule has 20 heavy (non-hydrogen) atoms. The number of hydrogen-bond donors (Lipinski definition) is 0. The average molecular weight is 283 g/mol. The fourth-order valence-corrected chi connectivity index (χ4v) is 3.27. The molecule has 4 atom stereocenters. The van der Waals surface area contributed by atoms with Crippen LogP contribution in [0.3, 0.4) is 0 Å². The standard InChI is InChI=1S/C20H42/c1-7-10-12-17(4)14-15-20(9-3)16-19(6)18(5)13-11-8-2/h17-20H,7-16H2,1-6H3. The van der Waals surface area contributed by atoms with Gasteiger partial charge in [0.15, 0.2) is 0 Å². The van der Waals surface area contributed by atoms with E-state index in [2.05, 4.69) is 41.5 Å². The fraction of sp³-hybridized carbons (Fsp3) is 1.00. The predicted octanol–water partition coefficient (Wildman–Crippen LogP) is 7.47. The van der Waals surface area contributed by atoms with Crippen LogP contribution in [0.1, 0.15) is 106 Å². The van der Waals surface area contributed by atoms with E-state index in [-0.39, 0.29) is 0 Å². The molecular formula is C20H42. The highest BCUT2D eigenvalue weighted by Gasteiger charge is 2.17. The molecule has 0 fully saturated rings. The maximum atomic E-state index is 2.49. The highest BCUT2D eigenvalue weighted by molar-refractivity contribution is 4.69. The largest absolute Gasteiger partial charge is 0.0654 e. The summed E-state index contributed by atoms with van der Waals surface area (Å²) < 4.78 is 0. The monoisotopic (exact) mass is 282 g/mol. The van der Waals surface area contributed by atoms with Crippen LogP contribution in [-0.2, 0) is 0 Å². The van der Waals surface area contributed by atoms with E-state index in [1.807, 2.05) is 0 Å². The van der Waals surface area contributed by atoms with Crippen LogP contribution in [0.5, 0.6) is 0 Å². The summed E-state index contributed by atoms with van der Waals surface area (Å²) in [6.07, 6.45) is 14.2. The third-order valence-corrected chi connectivity index (χ3v) is 5.39. The SMILES string of the molecule is CCCCC(C)CCC(CC)CC(C)C(C)CCCC. The second kappa shape index (κ2) is 12.7. The molecule has 0 N–H and O–H groups in total. The third kappa shape index (κ3) is 9.83. The molecule has 0 heterocycles. The van der Waals surface area contributed by atoms with Crippen LogP contribution >= 0.6 is 0 Å². The van der Waals surface area contributed by atoms with Gasteiger partial charge in [0.25, 0.3) is 0 Å². The van der Waals surface area contributed by atoms with Gasteiger partial charge in [-0.2, -0.15) is 0 Å². The van der Waals surface area contributed by atoms with Gasteiger partial charge in [-0.15, -0.1) is 0 Å². The van der Waals surface area contributed by atoms with Gasteiger partial charge in [0.1, 0.15) is 0 Å². The minimum Gasteiger partial charge on any atom is -0.0654 e. The maximum absolute atomic E-state index is 2.49. The van der Waals surface area contributed by atoms with Crippen LogP contribution < -0.4 is 0 Å².